The summed E-state index contributed by atoms with van der Waals surface area (Å²) in [6.07, 6.45) is 0. The standard InChI is InChI=1S/C17H21BrN2O/c1-12(13-5-4-6-15(19)9-13)20(2)11-14-10-16(21-3)7-8-17(14)18/h4-10,12H,11,19H2,1-3H3. The van der Waals surface area contributed by atoms with Crippen LogP contribution in [-0.4, -0.2) is 19.1 Å². The number of benzene rings is 2. The third kappa shape index (κ3) is 3.99. The van der Waals surface area contributed by atoms with Gasteiger partial charge in [-0.05, 0) is 55.4 Å². The van der Waals surface area contributed by atoms with E-state index in [1.807, 2.05) is 30.3 Å². The van der Waals surface area contributed by atoms with E-state index in [1.165, 1.54) is 11.1 Å². The Morgan fingerprint density at radius 2 is 2.00 bits per heavy atom. The molecule has 2 rings (SSSR count). The molecule has 0 heterocycles. The molecule has 0 saturated carbocycles. The SMILES string of the molecule is COc1ccc(Br)c(CN(C)C(C)c2cccc(N)c2)c1. The molecule has 2 N–H and O–H groups in total. The van der Waals surface area contributed by atoms with Crippen LogP contribution in [0.1, 0.15) is 24.1 Å². The molecular weight excluding hydrogens is 328 g/mol. The summed E-state index contributed by atoms with van der Waals surface area (Å²) in [7, 11) is 3.80. The van der Waals surface area contributed by atoms with Gasteiger partial charge in [-0.2, -0.15) is 0 Å². The lowest BCUT2D eigenvalue weighted by molar-refractivity contribution is 0.252. The number of nitrogens with two attached hydrogens (primary N) is 1. The van der Waals surface area contributed by atoms with E-state index in [-0.39, 0.29) is 6.04 Å². The molecule has 0 aliphatic heterocycles. The fraction of sp³-hybridized carbons (Fsp3) is 0.294. The van der Waals surface area contributed by atoms with Gasteiger partial charge in [0.15, 0.2) is 0 Å². The van der Waals surface area contributed by atoms with Gasteiger partial charge < -0.3 is 10.5 Å². The van der Waals surface area contributed by atoms with Crippen molar-refractivity contribution in [1.82, 2.24) is 4.90 Å². The van der Waals surface area contributed by atoms with Gasteiger partial charge in [-0.15, -0.1) is 0 Å². The number of nitrogens with zero attached hydrogens (tertiary/aromatic N) is 1. The molecule has 2 aromatic rings. The van der Waals surface area contributed by atoms with E-state index < -0.39 is 0 Å². The number of methoxy groups -OCH3 is 1. The zero-order chi connectivity index (χ0) is 15.4. The smallest absolute Gasteiger partial charge is 0.119 e. The summed E-state index contributed by atoms with van der Waals surface area (Å²) >= 11 is 3.60. The average molecular weight is 349 g/mol. The Morgan fingerprint density at radius 1 is 1.24 bits per heavy atom. The molecular formula is C17H21BrN2O. The summed E-state index contributed by atoms with van der Waals surface area (Å²) in [5.74, 6) is 0.873. The molecule has 4 heteroatoms. The van der Waals surface area contributed by atoms with Gasteiger partial charge in [-0.1, -0.05) is 28.1 Å². The van der Waals surface area contributed by atoms with Crippen molar-refractivity contribution in [2.75, 3.05) is 19.9 Å². The van der Waals surface area contributed by atoms with E-state index in [2.05, 4.69) is 46.9 Å². The zero-order valence-corrected chi connectivity index (χ0v) is 14.2. The molecule has 2 aromatic carbocycles. The van der Waals surface area contributed by atoms with Crippen LogP contribution >= 0.6 is 15.9 Å². The quantitative estimate of drug-likeness (QED) is 0.821. The van der Waals surface area contributed by atoms with Crippen LogP contribution in [0, 0.1) is 0 Å². The first-order valence-electron chi connectivity index (χ1n) is 6.89. The minimum absolute atomic E-state index is 0.284. The van der Waals surface area contributed by atoms with Gasteiger partial charge in [-0.3, -0.25) is 4.90 Å². The van der Waals surface area contributed by atoms with Crippen molar-refractivity contribution in [3.05, 3.63) is 58.1 Å². The average Bonchev–Trinajstić information content (AvgIpc) is 2.48. The van der Waals surface area contributed by atoms with E-state index in [4.69, 9.17) is 10.5 Å². The van der Waals surface area contributed by atoms with Crippen LogP contribution in [0.3, 0.4) is 0 Å². The normalized spacial score (nSPS) is 12.4. The highest BCUT2D eigenvalue weighted by Crippen LogP contribution is 2.27. The first-order valence-corrected chi connectivity index (χ1v) is 7.68. The second kappa shape index (κ2) is 6.96. The van der Waals surface area contributed by atoms with E-state index in [0.29, 0.717) is 0 Å². The number of halogens is 1. The molecule has 0 aromatic heterocycles. The van der Waals surface area contributed by atoms with Crippen molar-refractivity contribution in [2.24, 2.45) is 0 Å². The van der Waals surface area contributed by atoms with Crippen molar-refractivity contribution >= 4 is 21.6 Å². The Bertz CT molecular complexity index is 615. The number of nitrogen functional groups attached to an aromatic ring is 1. The number of hydrogen-bond acceptors (Lipinski definition) is 3. The third-order valence-electron chi connectivity index (χ3n) is 3.73. The van der Waals surface area contributed by atoms with Gasteiger partial charge in [0, 0.05) is 22.7 Å². The Hall–Kier alpha value is -1.52. The molecule has 0 aliphatic carbocycles. The van der Waals surface area contributed by atoms with Crippen molar-refractivity contribution < 1.29 is 4.74 Å². The predicted molar refractivity (Wildman–Crippen MR) is 91.4 cm³/mol. The molecule has 0 fully saturated rings. The van der Waals surface area contributed by atoms with Crippen LogP contribution in [0.2, 0.25) is 0 Å². The first kappa shape index (κ1) is 15.9. The molecule has 0 radical (unpaired) electrons. The maximum atomic E-state index is 5.87. The minimum atomic E-state index is 0.284. The number of hydrogen-bond donors (Lipinski definition) is 1. The van der Waals surface area contributed by atoms with E-state index in [1.54, 1.807) is 7.11 Å². The molecule has 112 valence electrons. The molecule has 1 unspecified atom stereocenters. The van der Waals surface area contributed by atoms with Crippen molar-refractivity contribution in [3.63, 3.8) is 0 Å². The van der Waals surface area contributed by atoms with Gasteiger partial charge in [0.25, 0.3) is 0 Å². The zero-order valence-electron chi connectivity index (χ0n) is 12.6. The van der Waals surface area contributed by atoms with Crippen molar-refractivity contribution in [2.45, 2.75) is 19.5 Å². The highest BCUT2D eigenvalue weighted by Gasteiger charge is 2.14. The molecule has 0 amide bonds. The molecule has 0 aliphatic rings. The lowest BCUT2D eigenvalue weighted by Crippen LogP contribution is -2.22. The van der Waals surface area contributed by atoms with Gasteiger partial charge in [-0.25, -0.2) is 0 Å². The van der Waals surface area contributed by atoms with Crippen LogP contribution < -0.4 is 10.5 Å². The molecule has 0 bridgehead atoms. The second-order valence-corrected chi connectivity index (χ2v) is 6.07. The molecule has 3 nitrogen and oxygen atoms in total. The lowest BCUT2D eigenvalue weighted by Gasteiger charge is -2.26. The fourth-order valence-corrected chi connectivity index (χ4v) is 2.65. The molecule has 1 atom stereocenters. The number of anilines is 1. The fourth-order valence-electron chi connectivity index (χ4n) is 2.28. The van der Waals surface area contributed by atoms with Crippen LogP contribution in [0.25, 0.3) is 0 Å². The summed E-state index contributed by atoms with van der Waals surface area (Å²) in [4.78, 5) is 2.29. The largest absolute Gasteiger partial charge is 0.497 e. The Labute approximate surface area is 134 Å². The highest BCUT2D eigenvalue weighted by molar-refractivity contribution is 9.10. The van der Waals surface area contributed by atoms with Gasteiger partial charge in [0.05, 0.1) is 7.11 Å². The summed E-state index contributed by atoms with van der Waals surface area (Å²) < 4.78 is 6.39. The summed E-state index contributed by atoms with van der Waals surface area (Å²) in [6, 6.07) is 14.4. The number of ether oxygens (including phenoxy) is 1. The maximum absolute atomic E-state index is 5.87. The van der Waals surface area contributed by atoms with Gasteiger partial charge in [0.1, 0.15) is 5.75 Å². The van der Waals surface area contributed by atoms with Crippen molar-refractivity contribution in [3.8, 4) is 5.75 Å². The summed E-state index contributed by atoms with van der Waals surface area (Å²) in [6.45, 7) is 3.01. The van der Waals surface area contributed by atoms with Crippen LogP contribution in [0.5, 0.6) is 5.75 Å². The van der Waals surface area contributed by atoms with Gasteiger partial charge in [0.2, 0.25) is 0 Å². The van der Waals surface area contributed by atoms with Gasteiger partial charge >= 0.3 is 0 Å². The Balaban J connectivity index is 2.15. The second-order valence-electron chi connectivity index (χ2n) is 5.22. The van der Waals surface area contributed by atoms with Crippen molar-refractivity contribution in [1.29, 1.82) is 0 Å². The molecule has 0 spiro atoms. The summed E-state index contributed by atoms with van der Waals surface area (Å²) in [5.41, 5.74) is 9.09. The monoisotopic (exact) mass is 348 g/mol. The molecule has 0 saturated heterocycles. The third-order valence-corrected chi connectivity index (χ3v) is 4.50. The minimum Gasteiger partial charge on any atom is -0.497 e. The summed E-state index contributed by atoms with van der Waals surface area (Å²) in [5, 5.41) is 0. The topological polar surface area (TPSA) is 38.5 Å². The lowest BCUT2D eigenvalue weighted by atomic mass is 10.1. The first-order chi connectivity index (χ1) is 10.0. The highest BCUT2D eigenvalue weighted by atomic mass is 79.9. The van der Waals surface area contributed by atoms with E-state index in [0.717, 1.165) is 22.5 Å². The Kier molecular flexibility index (Phi) is 5.26. The van der Waals surface area contributed by atoms with E-state index >= 15 is 0 Å². The predicted octanol–water partition coefficient (Wildman–Crippen LogP) is 4.23. The molecule has 21 heavy (non-hydrogen) atoms. The van der Waals surface area contributed by atoms with E-state index in [9.17, 15) is 0 Å². The van der Waals surface area contributed by atoms with Crippen LogP contribution in [-0.2, 0) is 6.54 Å². The van der Waals surface area contributed by atoms with Crippen LogP contribution in [0.4, 0.5) is 5.69 Å². The number of rotatable bonds is 5. The maximum Gasteiger partial charge on any atom is 0.119 e. The Morgan fingerprint density at radius 3 is 2.67 bits per heavy atom. The van der Waals surface area contributed by atoms with Crippen LogP contribution in [0.15, 0.2) is 46.9 Å².